The van der Waals surface area contributed by atoms with Crippen LogP contribution in [0.1, 0.15) is 27.4 Å². The number of hydrogen-bond acceptors (Lipinski definition) is 3. The minimum absolute atomic E-state index is 0.448. The van der Waals surface area contributed by atoms with Crippen molar-refractivity contribution in [3.63, 3.8) is 0 Å². The zero-order valence-corrected chi connectivity index (χ0v) is 9.34. The molecule has 0 aromatic heterocycles. The van der Waals surface area contributed by atoms with Gasteiger partial charge in [-0.2, -0.15) is 0 Å². The Morgan fingerprint density at radius 2 is 1.94 bits per heavy atom. The minimum atomic E-state index is -0.543. The number of cyclic esters (lactones) is 2. The van der Waals surface area contributed by atoms with E-state index >= 15 is 0 Å². The third-order valence-electron chi connectivity index (χ3n) is 3.56. The molecule has 1 heterocycles. The highest BCUT2D eigenvalue weighted by Crippen LogP contribution is 2.40. The Labute approximate surface area is 103 Å². The molecule has 1 unspecified atom stereocenters. The van der Waals surface area contributed by atoms with Gasteiger partial charge in [0.15, 0.2) is 0 Å². The predicted octanol–water partition coefficient (Wildman–Crippen LogP) is 2.65. The average Bonchev–Trinajstić information content (AvgIpc) is 2.38. The zero-order valence-electron chi connectivity index (χ0n) is 9.34. The normalized spacial score (nSPS) is 20.1. The van der Waals surface area contributed by atoms with Gasteiger partial charge in [0.25, 0.3) is 0 Å². The Bertz CT molecular complexity index is 756. The standard InChI is InChI=1S/C15H8O3/c16-14-10-6-4-8-2-1-3-9-5-7-11(15(17)18-14)13(10)12(8)9/h1-7,10H. The van der Waals surface area contributed by atoms with Gasteiger partial charge >= 0.3 is 11.9 Å². The van der Waals surface area contributed by atoms with Crippen LogP contribution < -0.4 is 0 Å². The van der Waals surface area contributed by atoms with Gasteiger partial charge in [0, 0.05) is 0 Å². The van der Waals surface area contributed by atoms with E-state index in [1.807, 2.05) is 30.3 Å². The SMILES string of the molecule is O=C1OC(=O)C2C=Cc3cccc4ccc1c2c34. The van der Waals surface area contributed by atoms with Crippen LogP contribution in [-0.4, -0.2) is 11.9 Å². The number of ether oxygens (including phenoxy) is 1. The van der Waals surface area contributed by atoms with E-state index < -0.39 is 17.9 Å². The third kappa shape index (κ3) is 1.03. The van der Waals surface area contributed by atoms with Crippen LogP contribution in [0.4, 0.5) is 0 Å². The van der Waals surface area contributed by atoms with E-state index in [9.17, 15) is 9.59 Å². The lowest BCUT2D eigenvalue weighted by Crippen LogP contribution is -2.28. The van der Waals surface area contributed by atoms with E-state index in [0.29, 0.717) is 5.56 Å². The summed E-state index contributed by atoms with van der Waals surface area (Å²) < 4.78 is 4.77. The van der Waals surface area contributed by atoms with E-state index in [1.54, 1.807) is 12.1 Å². The van der Waals surface area contributed by atoms with Gasteiger partial charge in [-0.1, -0.05) is 36.4 Å². The molecule has 1 atom stereocenters. The summed E-state index contributed by atoms with van der Waals surface area (Å²) >= 11 is 0. The highest BCUT2D eigenvalue weighted by atomic mass is 16.6. The number of benzene rings is 2. The van der Waals surface area contributed by atoms with Crippen molar-refractivity contribution in [2.24, 2.45) is 0 Å². The molecule has 0 amide bonds. The van der Waals surface area contributed by atoms with Crippen molar-refractivity contribution in [1.29, 1.82) is 0 Å². The van der Waals surface area contributed by atoms with E-state index in [1.165, 1.54) is 0 Å². The van der Waals surface area contributed by atoms with Crippen molar-refractivity contribution >= 4 is 28.8 Å². The summed E-state index contributed by atoms with van der Waals surface area (Å²) in [4.78, 5) is 23.5. The van der Waals surface area contributed by atoms with Crippen LogP contribution in [0, 0.1) is 0 Å². The van der Waals surface area contributed by atoms with E-state index in [4.69, 9.17) is 4.74 Å². The van der Waals surface area contributed by atoms with Crippen LogP contribution in [0.15, 0.2) is 36.4 Å². The third-order valence-corrected chi connectivity index (χ3v) is 3.56. The molecule has 3 nitrogen and oxygen atoms in total. The molecule has 3 heteroatoms. The lowest BCUT2D eigenvalue weighted by atomic mass is 9.82. The van der Waals surface area contributed by atoms with Gasteiger partial charge in [-0.15, -0.1) is 0 Å². The zero-order chi connectivity index (χ0) is 12.3. The molecule has 2 aromatic rings. The molecule has 0 bridgehead atoms. The van der Waals surface area contributed by atoms with Crippen molar-refractivity contribution < 1.29 is 14.3 Å². The van der Waals surface area contributed by atoms with Gasteiger partial charge in [-0.25, -0.2) is 4.79 Å². The number of esters is 2. The van der Waals surface area contributed by atoms with Crippen LogP contribution in [0.5, 0.6) is 0 Å². The van der Waals surface area contributed by atoms with Crippen LogP contribution in [0.2, 0.25) is 0 Å². The van der Waals surface area contributed by atoms with Crippen LogP contribution in [0.25, 0.3) is 16.8 Å². The Hall–Kier alpha value is -2.42. The topological polar surface area (TPSA) is 43.4 Å². The summed E-state index contributed by atoms with van der Waals surface area (Å²) in [5, 5.41) is 2.04. The Kier molecular flexibility index (Phi) is 1.64. The molecule has 2 aromatic carbocycles. The molecule has 1 aliphatic heterocycles. The number of hydrogen-bond donors (Lipinski definition) is 0. The molecule has 0 fully saturated rings. The summed E-state index contributed by atoms with van der Waals surface area (Å²) in [5.74, 6) is -1.47. The lowest BCUT2D eigenvalue weighted by Gasteiger charge is -2.25. The minimum Gasteiger partial charge on any atom is -0.389 e. The molecule has 2 aliphatic rings. The van der Waals surface area contributed by atoms with E-state index in [0.717, 1.165) is 21.9 Å². The van der Waals surface area contributed by atoms with Crippen LogP contribution in [0.3, 0.4) is 0 Å². The Morgan fingerprint density at radius 1 is 1.06 bits per heavy atom. The number of carbonyl (C=O) groups excluding carboxylic acids is 2. The molecule has 1 aliphatic carbocycles. The maximum atomic E-state index is 11.8. The van der Waals surface area contributed by atoms with Crippen molar-refractivity contribution in [3.05, 3.63) is 53.1 Å². The second kappa shape index (κ2) is 3.07. The fraction of sp³-hybridized carbons (Fsp3) is 0.0667. The van der Waals surface area contributed by atoms with Crippen molar-refractivity contribution in [2.45, 2.75) is 5.92 Å². The first-order valence-corrected chi connectivity index (χ1v) is 5.75. The summed E-state index contributed by atoms with van der Waals surface area (Å²) in [6.45, 7) is 0. The maximum Gasteiger partial charge on any atom is 0.346 e. The summed E-state index contributed by atoms with van der Waals surface area (Å²) in [5.41, 5.74) is 2.35. The monoisotopic (exact) mass is 236 g/mol. The first-order valence-electron chi connectivity index (χ1n) is 5.75. The second-order valence-electron chi connectivity index (χ2n) is 4.52. The molecular weight excluding hydrogens is 228 g/mol. The van der Waals surface area contributed by atoms with Gasteiger partial charge in [-0.05, 0) is 28.0 Å². The van der Waals surface area contributed by atoms with Crippen molar-refractivity contribution in [1.82, 2.24) is 0 Å². The first-order chi connectivity index (χ1) is 8.75. The van der Waals surface area contributed by atoms with Gasteiger partial charge in [-0.3, -0.25) is 4.79 Å². The maximum absolute atomic E-state index is 11.8. The quantitative estimate of drug-likeness (QED) is 0.521. The summed E-state index contributed by atoms with van der Waals surface area (Å²) in [7, 11) is 0. The highest BCUT2D eigenvalue weighted by molar-refractivity contribution is 6.12. The Morgan fingerprint density at radius 3 is 2.83 bits per heavy atom. The highest BCUT2D eigenvalue weighted by Gasteiger charge is 2.36. The molecule has 0 saturated carbocycles. The van der Waals surface area contributed by atoms with Gasteiger partial charge in [0.1, 0.15) is 5.92 Å². The number of rotatable bonds is 0. The summed E-state index contributed by atoms with van der Waals surface area (Å²) in [6.07, 6.45) is 3.72. The van der Waals surface area contributed by atoms with E-state index in [2.05, 4.69) is 0 Å². The van der Waals surface area contributed by atoms with Gasteiger partial charge in [0.05, 0.1) is 5.56 Å². The van der Waals surface area contributed by atoms with Gasteiger partial charge < -0.3 is 4.74 Å². The van der Waals surface area contributed by atoms with Gasteiger partial charge in [0.2, 0.25) is 0 Å². The number of carbonyl (C=O) groups is 2. The van der Waals surface area contributed by atoms with Crippen LogP contribution in [-0.2, 0) is 9.53 Å². The fourth-order valence-electron chi connectivity index (χ4n) is 2.78. The summed E-state index contributed by atoms with van der Waals surface area (Å²) in [6, 6.07) is 9.57. The molecule has 0 spiro atoms. The molecular formula is C15H8O3. The molecule has 18 heavy (non-hydrogen) atoms. The Balaban J connectivity index is 2.23. The largest absolute Gasteiger partial charge is 0.389 e. The smallest absolute Gasteiger partial charge is 0.346 e. The average molecular weight is 236 g/mol. The molecule has 0 N–H and O–H groups in total. The van der Waals surface area contributed by atoms with Crippen LogP contribution >= 0.6 is 0 Å². The lowest BCUT2D eigenvalue weighted by molar-refractivity contribution is -0.139. The van der Waals surface area contributed by atoms with E-state index in [-0.39, 0.29) is 0 Å². The second-order valence-corrected chi connectivity index (χ2v) is 4.52. The first kappa shape index (κ1) is 9.59. The van der Waals surface area contributed by atoms with Crippen molar-refractivity contribution in [2.75, 3.05) is 0 Å². The molecule has 0 saturated heterocycles. The molecule has 0 radical (unpaired) electrons. The molecule has 4 rings (SSSR count). The fourth-order valence-corrected chi connectivity index (χ4v) is 2.78. The molecule has 86 valence electrons. The van der Waals surface area contributed by atoms with Crippen molar-refractivity contribution in [3.8, 4) is 0 Å². The predicted molar refractivity (Wildman–Crippen MR) is 66.1 cm³/mol.